The Hall–Kier alpha value is -0.570. The largest absolute Gasteiger partial charge is 0.351 e. The molecule has 1 saturated heterocycles. The van der Waals surface area contributed by atoms with Crippen LogP contribution in [-0.2, 0) is 9.53 Å². The second kappa shape index (κ2) is 2.35. The summed E-state index contributed by atoms with van der Waals surface area (Å²) in [6.07, 6.45) is 0.0138. The van der Waals surface area contributed by atoms with Crippen molar-refractivity contribution in [2.45, 2.75) is 20.1 Å². The van der Waals surface area contributed by atoms with Gasteiger partial charge in [0.25, 0.3) is 0 Å². The fourth-order valence-corrected chi connectivity index (χ4v) is 0.457. The van der Waals surface area contributed by atoms with Gasteiger partial charge < -0.3 is 10.1 Å². The summed E-state index contributed by atoms with van der Waals surface area (Å²) in [6, 6.07) is 0. The lowest BCUT2D eigenvalue weighted by atomic mass is 10.2. The Kier molecular flexibility index (Phi) is 1.71. The van der Waals surface area contributed by atoms with Crippen LogP contribution in [0.25, 0.3) is 0 Å². The minimum atomic E-state index is 0.0138. The number of carbonyl (C=O) groups excluding carboxylic acids is 1. The van der Waals surface area contributed by atoms with Gasteiger partial charge in [-0.25, -0.2) is 0 Å². The highest BCUT2D eigenvalue weighted by Gasteiger charge is 2.24. The predicted molar refractivity (Wildman–Crippen MR) is 32.7 cm³/mol. The Labute approximate surface area is 54.4 Å². The zero-order valence-corrected chi connectivity index (χ0v) is 5.68. The average Bonchev–Trinajstić information content (AvgIpc) is 2.50. The third-order valence-corrected chi connectivity index (χ3v) is 1.16. The summed E-state index contributed by atoms with van der Waals surface area (Å²) in [6.45, 7) is 4.40. The van der Waals surface area contributed by atoms with Crippen molar-refractivity contribution in [1.29, 1.82) is 0 Å². The van der Waals surface area contributed by atoms with Crippen molar-refractivity contribution >= 4 is 5.91 Å². The first-order chi connectivity index (χ1) is 4.20. The second-order valence-corrected chi connectivity index (χ2v) is 2.49. The standard InChI is InChI=1S/C6H11NO2/c1-4(2)6(8)7-5-3-9-5/h4-5H,3H2,1-2H3,(H,7,8). The van der Waals surface area contributed by atoms with E-state index < -0.39 is 0 Å². The minimum Gasteiger partial charge on any atom is -0.351 e. The molecule has 0 spiro atoms. The molecule has 1 amide bonds. The van der Waals surface area contributed by atoms with Crippen molar-refractivity contribution in [3.05, 3.63) is 0 Å². The molecule has 0 aromatic rings. The van der Waals surface area contributed by atoms with Crippen LogP contribution in [0.5, 0.6) is 0 Å². The number of hydrogen-bond acceptors (Lipinski definition) is 2. The van der Waals surface area contributed by atoms with Crippen LogP contribution in [0.1, 0.15) is 13.8 Å². The molecule has 1 aliphatic heterocycles. The molecule has 1 unspecified atom stereocenters. The first-order valence-corrected chi connectivity index (χ1v) is 3.12. The lowest BCUT2D eigenvalue weighted by Crippen LogP contribution is -2.30. The fraction of sp³-hybridized carbons (Fsp3) is 0.833. The number of ether oxygens (including phenoxy) is 1. The molecule has 3 nitrogen and oxygen atoms in total. The summed E-state index contributed by atoms with van der Waals surface area (Å²) < 4.78 is 4.80. The minimum absolute atomic E-state index is 0.0138. The molecule has 1 heterocycles. The van der Waals surface area contributed by atoms with Crippen LogP contribution in [0.4, 0.5) is 0 Å². The zero-order chi connectivity index (χ0) is 6.85. The van der Waals surface area contributed by atoms with E-state index in [4.69, 9.17) is 4.74 Å². The topological polar surface area (TPSA) is 41.6 Å². The molecule has 1 rings (SSSR count). The van der Waals surface area contributed by atoms with Crippen LogP contribution in [0.3, 0.4) is 0 Å². The molecule has 1 atom stereocenters. The quantitative estimate of drug-likeness (QED) is 0.538. The highest BCUT2D eigenvalue weighted by atomic mass is 16.6. The molecule has 0 aromatic carbocycles. The predicted octanol–water partition coefficient (Wildman–Crippen LogP) is 0.115. The van der Waals surface area contributed by atoms with Gasteiger partial charge in [-0.05, 0) is 0 Å². The number of hydrogen-bond donors (Lipinski definition) is 1. The second-order valence-electron chi connectivity index (χ2n) is 2.49. The van der Waals surface area contributed by atoms with Crippen molar-refractivity contribution in [2.75, 3.05) is 6.61 Å². The molecule has 9 heavy (non-hydrogen) atoms. The van der Waals surface area contributed by atoms with Gasteiger partial charge in [-0.15, -0.1) is 0 Å². The van der Waals surface area contributed by atoms with Gasteiger partial charge in [0.05, 0.1) is 6.61 Å². The van der Waals surface area contributed by atoms with Gasteiger partial charge in [-0.1, -0.05) is 13.8 Å². The smallest absolute Gasteiger partial charge is 0.224 e. The number of epoxide rings is 1. The van der Waals surface area contributed by atoms with Crippen molar-refractivity contribution in [3.63, 3.8) is 0 Å². The molecule has 1 aliphatic rings. The Morgan fingerprint density at radius 1 is 1.78 bits per heavy atom. The Balaban J connectivity index is 2.17. The van der Waals surface area contributed by atoms with E-state index in [1.807, 2.05) is 13.8 Å². The molecule has 52 valence electrons. The summed E-state index contributed by atoms with van der Waals surface area (Å²) in [5.41, 5.74) is 0. The van der Waals surface area contributed by atoms with Crippen molar-refractivity contribution in [1.82, 2.24) is 5.32 Å². The average molecular weight is 129 g/mol. The summed E-state index contributed by atoms with van der Waals surface area (Å²) >= 11 is 0. The highest BCUT2D eigenvalue weighted by molar-refractivity contribution is 5.78. The third kappa shape index (κ3) is 2.01. The summed E-state index contributed by atoms with van der Waals surface area (Å²) in [4.78, 5) is 10.8. The summed E-state index contributed by atoms with van der Waals surface area (Å²) in [5.74, 6) is 0.131. The van der Waals surface area contributed by atoms with E-state index in [0.29, 0.717) is 6.61 Å². The Morgan fingerprint density at radius 2 is 2.33 bits per heavy atom. The van der Waals surface area contributed by atoms with Gasteiger partial charge in [-0.3, -0.25) is 4.79 Å². The molecular weight excluding hydrogens is 118 g/mol. The van der Waals surface area contributed by atoms with E-state index >= 15 is 0 Å². The fourth-order valence-electron chi connectivity index (χ4n) is 0.457. The van der Waals surface area contributed by atoms with Crippen molar-refractivity contribution in [2.24, 2.45) is 5.92 Å². The van der Waals surface area contributed by atoms with Crippen molar-refractivity contribution < 1.29 is 9.53 Å². The van der Waals surface area contributed by atoms with Gasteiger partial charge in [0.2, 0.25) is 5.91 Å². The summed E-state index contributed by atoms with van der Waals surface area (Å²) in [7, 11) is 0. The van der Waals surface area contributed by atoms with Crippen molar-refractivity contribution in [3.8, 4) is 0 Å². The lowest BCUT2D eigenvalue weighted by molar-refractivity contribution is -0.124. The SMILES string of the molecule is CC(C)C(=O)NC1CO1. The normalized spacial score (nSPS) is 24.1. The zero-order valence-electron chi connectivity index (χ0n) is 5.68. The van der Waals surface area contributed by atoms with E-state index in [2.05, 4.69) is 5.32 Å². The molecule has 1 N–H and O–H groups in total. The van der Waals surface area contributed by atoms with E-state index in [0.717, 1.165) is 0 Å². The monoisotopic (exact) mass is 129 g/mol. The number of carbonyl (C=O) groups is 1. The van der Waals surface area contributed by atoms with Crippen LogP contribution in [0.15, 0.2) is 0 Å². The van der Waals surface area contributed by atoms with Gasteiger partial charge in [-0.2, -0.15) is 0 Å². The maximum atomic E-state index is 10.8. The van der Waals surface area contributed by atoms with Gasteiger partial charge in [0, 0.05) is 5.92 Å². The highest BCUT2D eigenvalue weighted by Crippen LogP contribution is 2.05. The maximum absolute atomic E-state index is 10.8. The van der Waals surface area contributed by atoms with Crippen LogP contribution < -0.4 is 5.32 Å². The molecule has 0 radical (unpaired) electrons. The van der Waals surface area contributed by atoms with Crippen LogP contribution in [0, 0.1) is 5.92 Å². The molecule has 0 aromatic heterocycles. The van der Waals surface area contributed by atoms with Crippen LogP contribution >= 0.6 is 0 Å². The lowest BCUT2D eigenvalue weighted by Gasteiger charge is -2.02. The maximum Gasteiger partial charge on any atom is 0.224 e. The van der Waals surface area contributed by atoms with E-state index in [1.54, 1.807) is 0 Å². The summed E-state index contributed by atoms with van der Waals surface area (Å²) in [5, 5.41) is 2.69. The molecule has 0 bridgehead atoms. The van der Waals surface area contributed by atoms with E-state index in [1.165, 1.54) is 0 Å². The van der Waals surface area contributed by atoms with Gasteiger partial charge in [0.15, 0.2) is 6.23 Å². The Morgan fingerprint density at radius 3 is 2.67 bits per heavy atom. The van der Waals surface area contributed by atoms with Crippen LogP contribution in [0.2, 0.25) is 0 Å². The molecular formula is C6H11NO2. The molecule has 0 aliphatic carbocycles. The number of rotatable bonds is 2. The van der Waals surface area contributed by atoms with Crippen LogP contribution in [-0.4, -0.2) is 18.7 Å². The van der Waals surface area contributed by atoms with Gasteiger partial charge in [0.1, 0.15) is 0 Å². The number of amides is 1. The molecule has 3 heteroatoms. The first-order valence-electron chi connectivity index (χ1n) is 3.12. The Bertz CT molecular complexity index is 118. The van der Waals surface area contributed by atoms with E-state index in [-0.39, 0.29) is 18.1 Å². The van der Waals surface area contributed by atoms with Gasteiger partial charge >= 0.3 is 0 Å². The molecule has 1 fully saturated rings. The molecule has 0 saturated carbocycles. The third-order valence-electron chi connectivity index (χ3n) is 1.16. The van der Waals surface area contributed by atoms with E-state index in [9.17, 15) is 4.79 Å². The number of nitrogens with one attached hydrogen (secondary N) is 1. The first kappa shape index (κ1) is 6.55.